The molecule has 2 N–H and O–H groups in total. The lowest BCUT2D eigenvalue weighted by Crippen LogP contribution is -2.16. The first kappa shape index (κ1) is 17.7. The second-order valence-corrected chi connectivity index (χ2v) is 5.56. The van der Waals surface area contributed by atoms with Gasteiger partial charge in [0.25, 0.3) is 5.91 Å². The van der Waals surface area contributed by atoms with E-state index in [2.05, 4.69) is 27.5 Å². The van der Waals surface area contributed by atoms with Crippen molar-refractivity contribution in [2.45, 2.75) is 33.1 Å². The zero-order valence-electron chi connectivity index (χ0n) is 14.4. The highest BCUT2D eigenvalue weighted by Gasteiger charge is 2.12. The van der Waals surface area contributed by atoms with E-state index in [1.54, 1.807) is 19.4 Å². The lowest BCUT2D eigenvalue weighted by molar-refractivity contribution is 0.102. The number of aryl methyl sites for hydroxylation is 1. The fourth-order valence-electron chi connectivity index (χ4n) is 2.25. The van der Waals surface area contributed by atoms with Crippen molar-refractivity contribution in [3.63, 3.8) is 0 Å². The van der Waals surface area contributed by atoms with Gasteiger partial charge in [-0.2, -0.15) is 0 Å². The molecule has 2 aromatic rings. The van der Waals surface area contributed by atoms with Gasteiger partial charge in [0.1, 0.15) is 11.4 Å². The summed E-state index contributed by atoms with van der Waals surface area (Å²) in [6.45, 7) is 4.91. The van der Waals surface area contributed by atoms with Gasteiger partial charge >= 0.3 is 0 Å². The Balaban J connectivity index is 2.06. The number of hydrogen-bond acceptors (Lipinski definition) is 5. The minimum Gasteiger partial charge on any atom is -0.495 e. The number of anilines is 2. The van der Waals surface area contributed by atoms with E-state index in [4.69, 9.17) is 4.74 Å². The van der Waals surface area contributed by atoms with Crippen molar-refractivity contribution in [3.8, 4) is 5.75 Å². The van der Waals surface area contributed by atoms with Crippen LogP contribution in [-0.4, -0.2) is 29.5 Å². The predicted molar refractivity (Wildman–Crippen MR) is 95.7 cm³/mol. The van der Waals surface area contributed by atoms with Gasteiger partial charge in [0.05, 0.1) is 12.8 Å². The first-order valence-corrected chi connectivity index (χ1v) is 8.17. The maximum absolute atomic E-state index is 12.4. The van der Waals surface area contributed by atoms with Crippen molar-refractivity contribution in [2.75, 3.05) is 24.3 Å². The molecular weight excluding hydrogens is 304 g/mol. The van der Waals surface area contributed by atoms with E-state index in [1.165, 1.54) is 0 Å². The molecule has 0 saturated carbocycles. The molecule has 0 aliphatic rings. The van der Waals surface area contributed by atoms with Crippen molar-refractivity contribution in [2.24, 2.45) is 0 Å². The third-order valence-corrected chi connectivity index (χ3v) is 3.55. The quantitative estimate of drug-likeness (QED) is 0.723. The van der Waals surface area contributed by atoms with E-state index in [-0.39, 0.29) is 5.91 Å². The highest BCUT2D eigenvalue weighted by molar-refractivity contribution is 6.03. The van der Waals surface area contributed by atoms with Gasteiger partial charge in [-0.25, -0.2) is 9.97 Å². The van der Waals surface area contributed by atoms with Gasteiger partial charge in [-0.1, -0.05) is 25.8 Å². The molecule has 1 heterocycles. The van der Waals surface area contributed by atoms with E-state index >= 15 is 0 Å². The summed E-state index contributed by atoms with van der Waals surface area (Å²) in [7, 11) is 1.57. The Morgan fingerprint density at radius 2 is 2.08 bits per heavy atom. The Bertz CT molecular complexity index is 688. The van der Waals surface area contributed by atoms with Crippen molar-refractivity contribution in [3.05, 3.63) is 41.7 Å². The second kappa shape index (κ2) is 8.86. The number of rotatable bonds is 8. The zero-order chi connectivity index (χ0) is 17.4. The van der Waals surface area contributed by atoms with Gasteiger partial charge in [-0.15, -0.1) is 0 Å². The molecule has 6 nitrogen and oxygen atoms in total. The van der Waals surface area contributed by atoms with Crippen LogP contribution in [0.5, 0.6) is 5.75 Å². The summed E-state index contributed by atoms with van der Waals surface area (Å²) in [6, 6.07) is 7.21. The monoisotopic (exact) mass is 328 g/mol. The van der Waals surface area contributed by atoms with Gasteiger partial charge in [0, 0.05) is 12.7 Å². The largest absolute Gasteiger partial charge is 0.495 e. The molecule has 0 saturated heterocycles. The van der Waals surface area contributed by atoms with Crippen molar-refractivity contribution in [1.82, 2.24) is 9.97 Å². The van der Waals surface area contributed by atoms with Crippen molar-refractivity contribution >= 4 is 17.5 Å². The predicted octanol–water partition coefficient (Wildman–Crippen LogP) is 3.65. The van der Waals surface area contributed by atoms with Gasteiger partial charge in [0.15, 0.2) is 0 Å². The normalized spacial score (nSPS) is 10.3. The Hall–Kier alpha value is -2.63. The number of aromatic nitrogens is 2. The molecule has 128 valence electrons. The molecule has 24 heavy (non-hydrogen) atoms. The van der Waals surface area contributed by atoms with E-state index in [9.17, 15) is 4.79 Å². The minimum atomic E-state index is -0.294. The number of methoxy groups -OCH3 is 1. The summed E-state index contributed by atoms with van der Waals surface area (Å²) < 4.78 is 5.28. The van der Waals surface area contributed by atoms with Gasteiger partial charge in [-0.3, -0.25) is 4.79 Å². The molecule has 0 bridgehead atoms. The Morgan fingerprint density at radius 1 is 1.25 bits per heavy atom. The van der Waals surface area contributed by atoms with Gasteiger partial charge in [0.2, 0.25) is 5.95 Å². The smallest absolute Gasteiger partial charge is 0.274 e. The molecule has 0 spiro atoms. The van der Waals surface area contributed by atoms with Crippen LogP contribution in [0, 0.1) is 6.92 Å². The molecule has 1 aromatic heterocycles. The van der Waals surface area contributed by atoms with E-state index in [0.29, 0.717) is 23.1 Å². The zero-order valence-corrected chi connectivity index (χ0v) is 14.4. The van der Waals surface area contributed by atoms with E-state index in [0.717, 1.165) is 31.4 Å². The summed E-state index contributed by atoms with van der Waals surface area (Å²) in [6.07, 6.45) is 4.94. The molecule has 0 aliphatic heterocycles. The SMILES string of the molecule is CCCCCNc1nccc(C(=O)Nc2cc(C)ccc2OC)n1. The molecular formula is C18H24N4O2. The Labute approximate surface area is 142 Å². The topological polar surface area (TPSA) is 76.1 Å². The van der Waals surface area contributed by atoms with Crippen LogP contribution in [0.25, 0.3) is 0 Å². The Morgan fingerprint density at radius 3 is 2.83 bits per heavy atom. The lowest BCUT2D eigenvalue weighted by atomic mass is 10.2. The van der Waals surface area contributed by atoms with Crippen LogP contribution < -0.4 is 15.4 Å². The highest BCUT2D eigenvalue weighted by atomic mass is 16.5. The van der Waals surface area contributed by atoms with Crippen LogP contribution in [0.1, 0.15) is 42.2 Å². The molecule has 2 rings (SSSR count). The lowest BCUT2D eigenvalue weighted by Gasteiger charge is -2.11. The molecule has 0 atom stereocenters. The third-order valence-electron chi connectivity index (χ3n) is 3.55. The molecule has 1 amide bonds. The number of carbonyl (C=O) groups is 1. The molecule has 0 unspecified atom stereocenters. The number of nitrogens with one attached hydrogen (secondary N) is 2. The van der Waals surface area contributed by atoms with Crippen molar-refractivity contribution in [1.29, 1.82) is 0 Å². The van der Waals surface area contributed by atoms with Crippen LogP contribution in [0.3, 0.4) is 0 Å². The first-order chi connectivity index (χ1) is 11.6. The van der Waals surface area contributed by atoms with Crippen LogP contribution in [0.4, 0.5) is 11.6 Å². The van der Waals surface area contributed by atoms with E-state index < -0.39 is 0 Å². The van der Waals surface area contributed by atoms with Crippen LogP contribution in [-0.2, 0) is 0 Å². The number of unbranched alkanes of at least 4 members (excludes halogenated alkanes) is 2. The fourth-order valence-corrected chi connectivity index (χ4v) is 2.25. The first-order valence-electron chi connectivity index (χ1n) is 8.17. The highest BCUT2D eigenvalue weighted by Crippen LogP contribution is 2.25. The number of carbonyl (C=O) groups excluding carboxylic acids is 1. The van der Waals surface area contributed by atoms with Crippen molar-refractivity contribution < 1.29 is 9.53 Å². The Kier molecular flexibility index (Phi) is 6.54. The number of amides is 1. The summed E-state index contributed by atoms with van der Waals surface area (Å²) in [4.78, 5) is 20.9. The van der Waals surface area contributed by atoms with Gasteiger partial charge < -0.3 is 15.4 Å². The summed E-state index contributed by atoms with van der Waals surface area (Å²) in [5, 5.41) is 5.98. The molecule has 0 fully saturated rings. The number of benzene rings is 1. The average Bonchev–Trinajstić information content (AvgIpc) is 2.59. The average molecular weight is 328 g/mol. The standard InChI is InChI=1S/C18H24N4O2/c1-4-5-6-10-19-18-20-11-9-14(22-18)17(23)21-15-12-13(2)7-8-16(15)24-3/h7-9,11-12H,4-6,10H2,1-3H3,(H,21,23)(H,19,20,22). The fraction of sp³-hybridized carbons (Fsp3) is 0.389. The van der Waals surface area contributed by atoms with Crippen LogP contribution in [0.15, 0.2) is 30.5 Å². The van der Waals surface area contributed by atoms with Crippen LogP contribution in [0.2, 0.25) is 0 Å². The maximum atomic E-state index is 12.4. The van der Waals surface area contributed by atoms with Crippen LogP contribution >= 0.6 is 0 Å². The molecule has 0 radical (unpaired) electrons. The summed E-state index contributed by atoms with van der Waals surface area (Å²) in [5.74, 6) is 0.786. The number of ether oxygens (including phenoxy) is 1. The second-order valence-electron chi connectivity index (χ2n) is 5.56. The third kappa shape index (κ3) is 4.94. The number of hydrogen-bond donors (Lipinski definition) is 2. The molecule has 0 aliphatic carbocycles. The summed E-state index contributed by atoms with van der Waals surface area (Å²) >= 11 is 0. The minimum absolute atomic E-state index is 0.294. The molecule has 6 heteroatoms. The van der Waals surface area contributed by atoms with E-state index in [1.807, 2.05) is 25.1 Å². The molecule has 1 aromatic carbocycles. The maximum Gasteiger partial charge on any atom is 0.274 e. The number of nitrogens with zero attached hydrogens (tertiary/aromatic N) is 2. The van der Waals surface area contributed by atoms with Gasteiger partial charge in [-0.05, 0) is 37.1 Å². The summed E-state index contributed by atoms with van der Waals surface area (Å²) in [5.41, 5.74) is 1.97.